The third-order valence-electron chi connectivity index (χ3n) is 11.9. The number of hydrogen-bond donors (Lipinski definition) is 0. The zero-order valence-electron chi connectivity index (χ0n) is 41.2. The summed E-state index contributed by atoms with van der Waals surface area (Å²) in [5.74, 6) is -1.71. The molecule has 0 aliphatic rings. The van der Waals surface area contributed by atoms with Gasteiger partial charge in [-0.3, -0.25) is 0 Å². The van der Waals surface area contributed by atoms with Crippen LogP contribution in [-0.4, -0.2) is 37.7 Å². The molecule has 1 rings (SSSR count). The molecule has 0 amide bonds. The first kappa shape index (κ1) is 57.9. The van der Waals surface area contributed by atoms with E-state index in [2.05, 4.69) is 57.2 Å². The normalized spacial score (nSPS) is 11.7. The number of unbranched alkanes of at least 4 members (excludes halogenated alkanes) is 30. The number of allylic oxidation sites excluding steroid dienone is 6. The number of esters is 3. The second kappa shape index (κ2) is 45.4. The number of rotatable bonds is 45. The maximum atomic E-state index is 13.4. The molecule has 1 aromatic carbocycles. The van der Waals surface area contributed by atoms with Crippen molar-refractivity contribution in [1.82, 2.24) is 0 Å². The van der Waals surface area contributed by atoms with E-state index in [0.717, 1.165) is 77.0 Å². The molecule has 360 valence electrons. The van der Waals surface area contributed by atoms with Crippen LogP contribution in [0.2, 0.25) is 0 Å². The van der Waals surface area contributed by atoms with E-state index in [0.29, 0.717) is 6.61 Å². The first-order valence-corrected chi connectivity index (χ1v) is 26.6. The molecule has 0 bridgehead atoms. The lowest BCUT2D eigenvalue weighted by Crippen LogP contribution is -2.17. The largest absolute Gasteiger partial charge is 0.462 e. The van der Waals surface area contributed by atoms with E-state index in [9.17, 15) is 14.4 Å². The van der Waals surface area contributed by atoms with Crippen molar-refractivity contribution in [3.05, 3.63) is 71.3 Å². The van der Waals surface area contributed by atoms with Gasteiger partial charge in [-0.2, -0.15) is 0 Å². The fourth-order valence-electron chi connectivity index (χ4n) is 7.74. The van der Waals surface area contributed by atoms with Crippen molar-refractivity contribution in [3.8, 4) is 0 Å². The van der Waals surface area contributed by atoms with Gasteiger partial charge in [-0.05, 0) is 115 Å². The van der Waals surface area contributed by atoms with Gasteiger partial charge in [0, 0.05) is 0 Å². The first-order valence-electron chi connectivity index (χ1n) is 26.6. The van der Waals surface area contributed by atoms with Crippen LogP contribution in [0.15, 0.2) is 54.7 Å². The van der Waals surface area contributed by atoms with Crippen molar-refractivity contribution in [3.63, 3.8) is 0 Å². The molecule has 0 heterocycles. The Morgan fingerprint density at radius 2 is 0.603 bits per heavy atom. The maximum absolute atomic E-state index is 13.4. The minimum Gasteiger partial charge on any atom is -0.462 e. The van der Waals surface area contributed by atoms with E-state index in [4.69, 9.17) is 14.2 Å². The van der Waals surface area contributed by atoms with Gasteiger partial charge in [0.2, 0.25) is 0 Å². The topological polar surface area (TPSA) is 78.9 Å². The highest BCUT2D eigenvalue weighted by molar-refractivity contribution is 6.05. The van der Waals surface area contributed by atoms with Gasteiger partial charge in [-0.15, -0.1) is 0 Å². The lowest BCUT2D eigenvalue weighted by molar-refractivity contribution is 0.0448. The molecule has 0 saturated carbocycles. The zero-order valence-corrected chi connectivity index (χ0v) is 41.2. The summed E-state index contributed by atoms with van der Waals surface area (Å²) in [6.45, 7) is 7.59. The van der Waals surface area contributed by atoms with Gasteiger partial charge >= 0.3 is 17.9 Å². The maximum Gasteiger partial charge on any atom is 0.339 e. The van der Waals surface area contributed by atoms with Gasteiger partial charge in [0.15, 0.2) is 0 Å². The molecule has 0 radical (unpaired) electrons. The third-order valence-corrected chi connectivity index (χ3v) is 11.9. The molecule has 0 aliphatic carbocycles. The van der Waals surface area contributed by atoms with Crippen LogP contribution in [0.5, 0.6) is 0 Å². The minimum absolute atomic E-state index is 0.0465. The van der Waals surface area contributed by atoms with Crippen LogP contribution < -0.4 is 0 Å². The van der Waals surface area contributed by atoms with E-state index >= 15 is 0 Å². The van der Waals surface area contributed by atoms with Gasteiger partial charge < -0.3 is 14.2 Å². The van der Waals surface area contributed by atoms with E-state index in [1.807, 2.05) is 0 Å². The zero-order chi connectivity index (χ0) is 45.5. The van der Waals surface area contributed by atoms with Gasteiger partial charge in [-0.1, -0.05) is 192 Å². The highest BCUT2D eigenvalue weighted by Crippen LogP contribution is 2.18. The van der Waals surface area contributed by atoms with Crippen LogP contribution in [0.4, 0.5) is 0 Å². The Bertz CT molecular complexity index is 1310. The predicted molar refractivity (Wildman–Crippen MR) is 268 cm³/mol. The number of hydrogen-bond acceptors (Lipinski definition) is 6. The van der Waals surface area contributed by atoms with E-state index < -0.39 is 17.9 Å². The van der Waals surface area contributed by atoms with E-state index in [1.165, 1.54) is 166 Å². The Labute approximate surface area is 388 Å². The molecule has 0 spiro atoms. The SMILES string of the molecule is CCCCCCCCCC/C=C/CCCCOC(=O)c1ccc(C(=O)OCCCC/C=C/CCCCCCCCCC)c(C(=O)OCCCC/C=C/CCCCCCCCCC)c1. The molecule has 0 unspecified atom stereocenters. The van der Waals surface area contributed by atoms with Crippen molar-refractivity contribution in [1.29, 1.82) is 0 Å². The van der Waals surface area contributed by atoms with Crippen molar-refractivity contribution in [2.45, 2.75) is 252 Å². The van der Waals surface area contributed by atoms with Gasteiger partial charge in [0.05, 0.1) is 36.5 Å². The molecule has 6 heteroatoms. The second-order valence-corrected chi connectivity index (χ2v) is 17.9. The molecule has 0 aliphatic heterocycles. The summed E-state index contributed by atoms with van der Waals surface area (Å²) >= 11 is 0. The highest BCUT2D eigenvalue weighted by atomic mass is 16.5. The van der Waals surface area contributed by atoms with E-state index in [-0.39, 0.29) is 29.9 Å². The third kappa shape index (κ3) is 35.8. The molecule has 0 fully saturated rings. The predicted octanol–water partition coefficient (Wildman–Crippen LogP) is 17.9. The molecule has 0 aromatic heterocycles. The Morgan fingerprint density at radius 3 is 0.937 bits per heavy atom. The Hall–Kier alpha value is -3.15. The quantitative estimate of drug-likeness (QED) is 0.0281. The van der Waals surface area contributed by atoms with Crippen LogP contribution >= 0.6 is 0 Å². The van der Waals surface area contributed by atoms with Gasteiger partial charge in [0.1, 0.15) is 0 Å². The van der Waals surface area contributed by atoms with Crippen LogP contribution in [0.3, 0.4) is 0 Å². The molecule has 0 atom stereocenters. The van der Waals surface area contributed by atoms with Crippen molar-refractivity contribution in [2.75, 3.05) is 19.8 Å². The van der Waals surface area contributed by atoms with Crippen LogP contribution in [0.1, 0.15) is 283 Å². The van der Waals surface area contributed by atoms with Crippen molar-refractivity contribution >= 4 is 17.9 Å². The number of carbonyl (C=O) groups is 3. The molecule has 0 saturated heterocycles. The molecule has 6 nitrogen and oxygen atoms in total. The van der Waals surface area contributed by atoms with Crippen LogP contribution in [0, 0.1) is 0 Å². The summed E-state index contributed by atoms with van der Waals surface area (Å²) in [6.07, 6.45) is 56.7. The number of benzene rings is 1. The fraction of sp³-hybridized carbons (Fsp3) is 0.737. The second-order valence-electron chi connectivity index (χ2n) is 17.9. The van der Waals surface area contributed by atoms with E-state index in [1.54, 1.807) is 6.07 Å². The van der Waals surface area contributed by atoms with Gasteiger partial charge in [-0.25, -0.2) is 14.4 Å². The lowest BCUT2D eigenvalue weighted by Gasteiger charge is -2.12. The summed E-state index contributed by atoms with van der Waals surface area (Å²) in [5.41, 5.74) is 0.388. The summed E-state index contributed by atoms with van der Waals surface area (Å²) in [5, 5.41) is 0. The average molecular weight is 877 g/mol. The molecule has 63 heavy (non-hydrogen) atoms. The Kier molecular flexibility index (Phi) is 41.7. The lowest BCUT2D eigenvalue weighted by atomic mass is 10.0. The molecular weight excluding hydrogens is 781 g/mol. The number of ether oxygens (including phenoxy) is 3. The van der Waals surface area contributed by atoms with Crippen LogP contribution in [-0.2, 0) is 14.2 Å². The monoisotopic (exact) mass is 877 g/mol. The fourth-order valence-corrected chi connectivity index (χ4v) is 7.74. The Morgan fingerprint density at radius 1 is 0.333 bits per heavy atom. The molecule has 1 aromatic rings. The summed E-state index contributed by atoms with van der Waals surface area (Å²) in [6, 6.07) is 4.47. The van der Waals surface area contributed by atoms with Crippen molar-refractivity contribution < 1.29 is 28.6 Å². The molecular formula is C57H96O6. The van der Waals surface area contributed by atoms with Gasteiger partial charge in [0.25, 0.3) is 0 Å². The standard InChI is InChI=1S/C57H96O6/c1-4-7-10-13-16-19-22-25-28-31-34-37-40-43-48-61-55(58)52-46-47-53(56(59)62-49-44-41-38-35-32-29-26-23-20-17-14-11-8-5-2)54(51-52)57(60)63-50-45-42-39-36-33-30-27-24-21-18-15-12-9-6-3/h31-36,46-47,51H,4-30,37-45,48-50H2,1-3H3/b34-31+,35-32+,36-33+. The summed E-state index contributed by atoms with van der Waals surface area (Å²) in [4.78, 5) is 39.7. The smallest absolute Gasteiger partial charge is 0.339 e. The minimum atomic E-state index is -0.623. The van der Waals surface area contributed by atoms with Crippen LogP contribution in [0.25, 0.3) is 0 Å². The highest BCUT2D eigenvalue weighted by Gasteiger charge is 2.22. The summed E-state index contributed by atoms with van der Waals surface area (Å²) < 4.78 is 16.8. The number of carbonyl (C=O) groups excluding carboxylic acids is 3. The first-order chi connectivity index (χ1) is 31.0. The average Bonchev–Trinajstić information content (AvgIpc) is 3.29. The molecule has 0 N–H and O–H groups in total. The van der Waals surface area contributed by atoms with Crippen molar-refractivity contribution in [2.24, 2.45) is 0 Å². The Balaban J connectivity index is 2.54. The summed E-state index contributed by atoms with van der Waals surface area (Å²) in [7, 11) is 0.